The van der Waals surface area contributed by atoms with E-state index in [1.54, 1.807) is 0 Å². The highest BCUT2D eigenvalue weighted by molar-refractivity contribution is 5.79. The predicted molar refractivity (Wildman–Crippen MR) is 86.9 cm³/mol. The molecule has 1 aliphatic rings. The first-order chi connectivity index (χ1) is 9.72. The molecule has 0 amide bonds. The van der Waals surface area contributed by atoms with Crippen LogP contribution in [-0.2, 0) is 11.2 Å². The highest BCUT2D eigenvalue weighted by atomic mass is 16.1. The maximum absolute atomic E-state index is 10.7. The number of Topliss-reactive ketones (excluding diaryl/α,β-unsaturated/α-hetero) is 1. The van der Waals surface area contributed by atoms with E-state index in [0.717, 1.165) is 19.3 Å². The molecule has 1 saturated carbocycles. The largest absolute Gasteiger partial charge is 0.300 e. The zero-order chi connectivity index (χ0) is 14.6. The summed E-state index contributed by atoms with van der Waals surface area (Å²) in [6, 6.07) is 10.7. The molecule has 1 atom stereocenters. The van der Waals surface area contributed by atoms with E-state index in [-0.39, 0.29) is 0 Å². The van der Waals surface area contributed by atoms with Crippen LogP contribution in [0.15, 0.2) is 30.3 Å². The molecule has 0 spiro atoms. The molecule has 0 N–H and O–H groups in total. The molecule has 1 unspecified atom stereocenters. The van der Waals surface area contributed by atoms with Gasteiger partial charge in [-0.05, 0) is 37.2 Å². The lowest BCUT2D eigenvalue weighted by Gasteiger charge is -2.14. The minimum Gasteiger partial charge on any atom is -0.300 e. The summed E-state index contributed by atoms with van der Waals surface area (Å²) in [5, 5.41) is 0. The van der Waals surface area contributed by atoms with Crippen LogP contribution >= 0.6 is 0 Å². The van der Waals surface area contributed by atoms with E-state index >= 15 is 0 Å². The summed E-state index contributed by atoms with van der Waals surface area (Å²) in [6.45, 7) is 4.40. The first kappa shape index (κ1) is 16.9. The minimum atomic E-state index is 0.462. The molecule has 2 rings (SSSR count). The number of rotatable bonds is 5. The highest BCUT2D eigenvalue weighted by Gasteiger charge is 2.14. The molecule has 20 heavy (non-hydrogen) atoms. The van der Waals surface area contributed by atoms with Crippen LogP contribution < -0.4 is 0 Å². The molecular formula is C19H30O. The Morgan fingerprint density at radius 2 is 1.85 bits per heavy atom. The molecule has 0 radical (unpaired) electrons. The van der Waals surface area contributed by atoms with Gasteiger partial charge in [0.1, 0.15) is 5.78 Å². The fourth-order valence-electron chi connectivity index (χ4n) is 2.64. The van der Waals surface area contributed by atoms with Gasteiger partial charge in [-0.3, -0.25) is 4.79 Å². The molecule has 1 aromatic carbocycles. The van der Waals surface area contributed by atoms with Crippen molar-refractivity contribution in [1.82, 2.24) is 0 Å². The van der Waals surface area contributed by atoms with Crippen molar-refractivity contribution in [3.05, 3.63) is 35.9 Å². The number of benzene rings is 1. The van der Waals surface area contributed by atoms with Crippen LogP contribution in [-0.4, -0.2) is 5.78 Å². The summed E-state index contributed by atoms with van der Waals surface area (Å²) >= 11 is 0. The van der Waals surface area contributed by atoms with Gasteiger partial charge in [0.25, 0.3) is 0 Å². The van der Waals surface area contributed by atoms with E-state index in [1.807, 2.05) is 0 Å². The molecule has 1 heteroatoms. The zero-order valence-electron chi connectivity index (χ0n) is 13.2. The highest BCUT2D eigenvalue weighted by Crippen LogP contribution is 2.19. The van der Waals surface area contributed by atoms with E-state index in [4.69, 9.17) is 0 Å². The van der Waals surface area contributed by atoms with Crippen molar-refractivity contribution in [3.63, 3.8) is 0 Å². The topological polar surface area (TPSA) is 17.1 Å². The Kier molecular flexibility index (Phi) is 9.02. The molecule has 0 aromatic heterocycles. The van der Waals surface area contributed by atoms with Crippen molar-refractivity contribution >= 4 is 5.78 Å². The molecule has 0 saturated heterocycles. The number of hydrogen-bond donors (Lipinski definition) is 0. The standard InChI is InChI=1S/C12H18.C7H12O/c1-2-3-4-6-9-12-10-7-5-8-11-12;1-6-3-2-4-7(8)5-6/h5,7-8,10-11H,2-4,6,9H2,1H3;6H,2-5H2,1H3. The summed E-state index contributed by atoms with van der Waals surface area (Å²) in [4.78, 5) is 10.7. The lowest BCUT2D eigenvalue weighted by Crippen LogP contribution is -2.11. The van der Waals surface area contributed by atoms with Crippen molar-refractivity contribution in [2.75, 3.05) is 0 Å². The molecule has 1 aliphatic carbocycles. The number of carbonyl (C=O) groups is 1. The van der Waals surface area contributed by atoms with Crippen LogP contribution in [0.4, 0.5) is 0 Å². The molecule has 1 nitrogen and oxygen atoms in total. The van der Waals surface area contributed by atoms with Crippen molar-refractivity contribution in [3.8, 4) is 0 Å². The van der Waals surface area contributed by atoms with Gasteiger partial charge in [0.05, 0.1) is 0 Å². The van der Waals surface area contributed by atoms with Crippen LogP contribution in [0.5, 0.6) is 0 Å². The second-order valence-corrected chi connectivity index (χ2v) is 6.04. The maximum atomic E-state index is 10.7. The normalized spacial score (nSPS) is 18.3. The zero-order valence-corrected chi connectivity index (χ0v) is 13.2. The van der Waals surface area contributed by atoms with Gasteiger partial charge in [-0.25, -0.2) is 0 Å². The third kappa shape index (κ3) is 8.14. The number of hydrogen-bond acceptors (Lipinski definition) is 1. The van der Waals surface area contributed by atoms with E-state index in [2.05, 4.69) is 44.2 Å². The van der Waals surface area contributed by atoms with E-state index in [9.17, 15) is 4.79 Å². The first-order valence-electron chi connectivity index (χ1n) is 8.28. The van der Waals surface area contributed by atoms with Crippen LogP contribution in [0.25, 0.3) is 0 Å². The van der Waals surface area contributed by atoms with Gasteiger partial charge < -0.3 is 0 Å². The predicted octanol–water partition coefficient (Wildman–Crippen LogP) is 5.58. The third-order valence-electron chi connectivity index (χ3n) is 3.89. The van der Waals surface area contributed by atoms with Crippen LogP contribution in [0.3, 0.4) is 0 Å². The average molecular weight is 274 g/mol. The maximum Gasteiger partial charge on any atom is 0.133 e. The quantitative estimate of drug-likeness (QED) is 0.641. The van der Waals surface area contributed by atoms with Gasteiger partial charge in [-0.2, -0.15) is 0 Å². The molecular weight excluding hydrogens is 244 g/mol. The third-order valence-corrected chi connectivity index (χ3v) is 3.89. The Morgan fingerprint density at radius 1 is 1.10 bits per heavy atom. The Bertz CT molecular complexity index is 355. The van der Waals surface area contributed by atoms with Crippen LogP contribution in [0.1, 0.15) is 70.8 Å². The summed E-state index contributed by atoms with van der Waals surface area (Å²) in [5.41, 5.74) is 1.48. The summed E-state index contributed by atoms with van der Waals surface area (Å²) in [6.07, 6.45) is 10.7. The molecule has 1 aromatic rings. The second kappa shape index (κ2) is 10.7. The molecule has 1 fully saturated rings. The Labute approximate surface area is 124 Å². The number of aryl methyl sites for hydroxylation is 1. The summed E-state index contributed by atoms with van der Waals surface area (Å²) in [7, 11) is 0. The Morgan fingerprint density at radius 3 is 2.40 bits per heavy atom. The van der Waals surface area contributed by atoms with E-state index < -0.39 is 0 Å². The smallest absolute Gasteiger partial charge is 0.133 e. The lowest BCUT2D eigenvalue weighted by molar-refractivity contribution is -0.121. The van der Waals surface area contributed by atoms with Crippen molar-refractivity contribution in [2.24, 2.45) is 5.92 Å². The molecule has 0 aliphatic heterocycles. The molecule has 0 bridgehead atoms. The average Bonchev–Trinajstić information content (AvgIpc) is 2.45. The molecule has 0 heterocycles. The number of unbranched alkanes of at least 4 members (excludes halogenated alkanes) is 3. The first-order valence-corrected chi connectivity index (χ1v) is 8.28. The number of ketones is 1. The van der Waals surface area contributed by atoms with Crippen molar-refractivity contribution in [1.29, 1.82) is 0 Å². The summed E-state index contributed by atoms with van der Waals surface area (Å²) in [5.74, 6) is 1.12. The molecule has 112 valence electrons. The van der Waals surface area contributed by atoms with Gasteiger partial charge in [0.2, 0.25) is 0 Å². The van der Waals surface area contributed by atoms with Crippen LogP contribution in [0, 0.1) is 5.92 Å². The Hall–Kier alpha value is -1.11. The lowest BCUT2D eigenvalue weighted by atomic mass is 9.90. The fourth-order valence-corrected chi connectivity index (χ4v) is 2.64. The van der Waals surface area contributed by atoms with E-state index in [0.29, 0.717) is 11.7 Å². The van der Waals surface area contributed by atoms with Gasteiger partial charge in [0, 0.05) is 12.8 Å². The SMILES string of the molecule is CC1CCCC(=O)C1.CCCCCCc1ccccc1. The van der Waals surface area contributed by atoms with Crippen molar-refractivity contribution < 1.29 is 4.79 Å². The van der Waals surface area contributed by atoms with Gasteiger partial charge in [0.15, 0.2) is 0 Å². The van der Waals surface area contributed by atoms with Gasteiger partial charge >= 0.3 is 0 Å². The fraction of sp³-hybridized carbons (Fsp3) is 0.632. The minimum absolute atomic E-state index is 0.462. The Balaban J connectivity index is 0.000000217. The number of carbonyl (C=O) groups excluding carboxylic acids is 1. The monoisotopic (exact) mass is 274 g/mol. The van der Waals surface area contributed by atoms with Gasteiger partial charge in [-0.15, -0.1) is 0 Å². The van der Waals surface area contributed by atoms with E-state index in [1.165, 1.54) is 44.1 Å². The second-order valence-electron chi connectivity index (χ2n) is 6.04. The van der Waals surface area contributed by atoms with Gasteiger partial charge in [-0.1, -0.05) is 63.4 Å². The van der Waals surface area contributed by atoms with Crippen LogP contribution in [0.2, 0.25) is 0 Å². The summed E-state index contributed by atoms with van der Waals surface area (Å²) < 4.78 is 0. The van der Waals surface area contributed by atoms with Crippen molar-refractivity contribution in [2.45, 2.75) is 71.6 Å².